The first kappa shape index (κ1) is 29.1. The topological polar surface area (TPSA) is 91.8 Å². The van der Waals surface area contributed by atoms with Gasteiger partial charge in [-0.25, -0.2) is 0 Å². The minimum atomic E-state index is -0.575. The molecule has 0 aromatic rings. The molecule has 9 heteroatoms. The highest BCUT2D eigenvalue weighted by atomic mass is 32.2. The van der Waals surface area contributed by atoms with Crippen molar-refractivity contribution in [1.29, 1.82) is 0 Å². The number of fused-ring (bicyclic) bond motifs is 2. The molecule has 0 aromatic heterocycles. The Morgan fingerprint density at radius 2 is 1.13 bits per heavy atom. The molecule has 4 aliphatic heterocycles. The van der Waals surface area contributed by atoms with E-state index in [1.54, 1.807) is 35.7 Å². The summed E-state index contributed by atoms with van der Waals surface area (Å²) in [4.78, 5) is 68.4. The lowest BCUT2D eigenvalue weighted by atomic mass is 9.89. The summed E-state index contributed by atoms with van der Waals surface area (Å²) in [6, 6.07) is 0. The van der Waals surface area contributed by atoms with Gasteiger partial charge in [-0.05, 0) is 77.7 Å². The van der Waals surface area contributed by atoms with E-state index in [0.29, 0.717) is 25.7 Å². The highest BCUT2D eigenvalue weighted by molar-refractivity contribution is 8.03. The fraction of sp³-hybridized carbons (Fsp3) is 0.690. The molecule has 0 bridgehead atoms. The van der Waals surface area contributed by atoms with Crippen LogP contribution in [-0.2, 0) is 24.0 Å². The molecule has 2 atom stereocenters. The Kier molecular flexibility index (Phi) is 8.97. The molecule has 0 aliphatic carbocycles. The Balaban J connectivity index is 1.16. The summed E-state index contributed by atoms with van der Waals surface area (Å²) in [6.07, 6.45) is 10.2. The molecule has 208 valence electrons. The monoisotopic (exact) mass is 560 g/mol. The van der Waals surface area contributed by atoms with Gasteiger partial charge in [0, 0.05) is 45.9 Å². The summed E-state index contributed by atoms with van der Waals surface area (Å²) in [5.74, 6) is 1.07. The molecule has 4 aliphatic rings. The number of carbonyl (C=O) groups is 5. The lowest BCUT2D eigenvalue weighted by Gasteiger charge is -2.40. The number of rotatable bonds is 12. The Labute approximate surface area is 234 Å². The predicted octanol–water partition coefficient (Wildman–Crippen LogP) is 5.25. The van der Waals surface area contributed by atoms with Gasteiger partial charge >= 0.3 is 0 Å². The van der Waals surface area contributed by atoms with Crippen molar-refractivity contribution in [2.24, 2.45) is 11.8 Å². The molecule has 2 fully saturated rings. The molecule has 2 saturated heterocycles. The van der Waals surface area contributed by atoms with Crippen molar-refractivity contribution >= 4 is 52.9 Å². The molecule has 4 amide bonds. The molecule has 0 radical (unpaired) electrons. The summed E-state index contributed by atoms with van der Waals surface area (Å²) in [5, 5.41) is 0. The predicted molar refractivity (Wildman–Crippen MR) is 151 cm³/mol. The molecule has 0 saturated carbocycles. The van der Waals surface area contributed by atoms with Crippen molar-refractivity contribution in [3.63, 3.8) is 0 Å². The average molecular weight is 561 g/mol. The van der Waals surface area contributed by atoms with Gasteiger partial charge in [-0.1, -0.05) is 12.8 Å². The highest BCUT2D eigenvalue weighted by Crippen LogP contribution is 2.43. The van der Waals surface area contributed by atoms with E-state index in [-0.39, 0.29) is 41.2 Å². The Bertz CT molecular complexity index is 995. The van der Waals surface area contributed by atoms with Crippen molar-refractivity contribution in [2.45, 2.75) is 103 Å². The number of nitrogens with zero attached hydrogens (tertiary/aromatic N) is 2. The van der Waals surface area contributed by atoms with E-state index in [1.807, 2.05) is 27.7 Å². The zero-order chi connectivity index (χ0) is 27.7. The summed E-state index contributed by atoms with van der Waals surface area (Å²) >= 11 is 3.22. The summed E-state index contributed by atoms with van der Waals surface area (Å²) in [6.45, 7) is 7.75. The first-order chi connectivity index (χ1) is 17.9. The van der Waals surface area contributed by atoms with Gasteiger partial charge in [0.15, 0.2) is 0 Å². The van der Waals surface area contributed by atoms with Crippen LogP contribution in [0.1, 0.15) is 91.9 Å². The number of Topliss-reactive ketones (excluding diaryl/α,β-unsaturated/α-hetero) is 1. The zero-order valence-electron chi connectivity index (χ0n) is 23.0. The molecule has 0 N–H and O–H groups in total. The maximum absolute atomic E-state index is 13.0. The molecule has 2 unspecified atom stereocenters. The Morgan fingerprint density at radius 3 is 1.53 bits per heavy atom. The van der Waals surface area contributed by atoms with Crippen LogP contribution in [0.4, 0.5) is 0 Å². The van der Waals surface area contributed by atoms with E-state index < -0.39 is 11.1 Å². The van der Waals surface area contributed by atoms with Crippen molar-refractivity contribution in [3.8, 4) is 0 Å². The van der Waals surface area contributed by atoms with Gasteiger partial charge in [0.05, 0.1) is 11.8 Å². The molecule has 7 nitrogen and oxygen atoms in total. The van der Waals surface area contributed by atoms with Crippen LogP contribution in [-0.4, -0.2) is 61.8 Å². The van der Waals surface area contributed by atoms with E-state index in [2.05, 4.69) is 0 Å². The fourth-order valence-electron chi connectivity index (χ4n) is 6.05. The molecular weight excluding hydrogens is 520 g/mol. The van der Waals surface area contributed by atoms with Crippen molar-refractivity contribution in [3.05, 3.63) is 22.0 Å². The lowest BCUT2D eigenvalue weighted by molar-refractivity contribution is -0.153. The van der Waals surface area contributed by atoms with Gasteiger partial charge in [0.1, 0.15) is 5.78 Å². The van der Waals surface area contributed by atoms with Crippen LogP contribution in [0.5, 0.6) is 0 Å². The largest absolute Gasteiger partial charge is 0.300 e. The number of thioether (sulfide) groups is 2. The average Bonchev–Trinajstić information content (AvgIpc) is 3.49. The summed E-state index contributed by atoms with van der Waals surface area (Å²) in [7, 11) is 0. The third-order valence-electron chi connectivity index (χ3n) is 8.25. The lowest BCUT2D eigenvalue weighted by Crippen LogP contribution is -2.54. The van der Waals surface area contributed by atoms with Crippen LogP contribution >= 0.6 is 23.5 Å². The van der Waals surface area contributed by atoms with Crippen LogP contribution < -0.4 is 0 Å². The number of imide groups is 2. The molecule has 0 aromatic carbocycles. The Morgan fingerprint density at radius 1 is 0.737 bits per heavy atom. The van der Waals surface area contributed by atoms with Crippen LogP contribution in [0.2, 0.25) is 0 Å². The highest BCUT2D eigenvalue weighted by Gasteiger charge is 2.45. The van der Waals surface area contributed by atoms with E-state index in [1.165, 1.54) is 9.80 Å². The quantitative estimate of drug-likeness (QED) is 0.238. The number of hydrogen-bond acceptors (Lipinski definition) is 7. The normalized spacial score (nSPS) is 24.0. The summed E-state index contributed by atoms with van der Waals surface area (Å²) < 4.78 is 0. The number of carbonyl (C=O) groups excluding carboxylic acids is 5. The number of ketones is 1. The maximum Gasteiger partial charge on any atom is 0.254 e. The molecular formula is C29H40N2O5S2. The zero-order valence-corrected chi connectivity index (χ0v) is 24.7. The van der Waals surface area contributed by atoms with Crippen LogP contribution in [0.25, 0.3) is 0 Å². The first-order valence-corrected chi connectivity index (χ1v) is 15.9. The second-order valence-corrected chi connectivity index (χ2v) is 14.4. The third kappa shape index (κ3) is 6.14. The number of unbranched alkanes of at least 4 members (excludes halogenated alkanes) is 2. The Hall–Kier alpha value is -1.87. The smallest absolute Gasteiger partial charge is 0.254 e. The number of amides is 4. The molecule has 38 heavy (non-hydrogen) atoms. The van der Waals surface area contributed by atoms with E-state index in [9.17, 15) is 24.0 Å². The third-order valence-corrected chi connectivity index (χ3v) is 10.6. The van der Waals surface area contributed by atoms with Crippen molar-refractivity contribution in [2.75, 3.05) is 11.5 Å². The fourth-order valence-corrected chi connectivity index (χ4v) is 8.44. The van der Waals surface area contributed by atoms with Crippen molar-refractivity contribution < 1.29 is 24.0 Å². The van der Waals surface area contributed by atoms with Crippen LogP contribution in [0, 0.1) is 11.8 Å². The van der Waals surface area contributed by atoms with Gasteiger partial charge < -0.3 is 0 Å². The minimum absolute atomic E-state index is 0.0759. The van der Waals surface area contributed by atoms with Gasteiger partial charge in [0.25, 0.3) is 11.8 Å². The molecule has 4 heterocycles. The minimum Gasteiger partial charge on any atom is -0.300 e. The molecule has 4 rings (SSSR count). The first-order valence-electron chi connectivity index (χ1n) is 13.9. The van der Waals surface area contributed by atoms with Gasteiger partial charge in [-0.15, -0.1) is 23.5 Å². The standard InChI is InChI=1S/C29H40N2O5S2/c1-28(2,30-24(33)17-22-20(26(30)35)11-15-37-22)13-7-5-9-19(32)10-6-8-14-29(3,4)31-25(34)18-23-21(27(31)36)12-16-38-23/h17-18,20-21H,5-16H2,1-4H3. The SMILES string of the molecule is CC(C)(CCCCC(=O)CCCCC(C)(C)N1C(=O)C=C2SCCC2C1=O)N1C(=O)C=C2SCCC2C1=O. The van der Waals surface area contributed by atoms with Gasteiger partial charge in [-0.2, -0.15) is 0 Å². The maximum atomic E-state index is 13.0. The van der Waals surface area contributed by atoms with E-state index >= 15 is 0 Å². The van der Waals surface area contributed by atoms with Gasteiger partial charge in [0.2, 0.25) is 11.8 Å². The summed E-state index contributed by atoms with van der Waals surface area (Å²) in [5.41, 5.74) is -1.15. The molecule has 0 spiro atoms. The van der Waals surface area contributed by atoms with Crippen molar-refractivity contribution in [1.82, 2.24) is 9.80 Å². The second kappa shape index (κ2) is 11.7. The second-order valence-electron chi connectivity index (χ2n) is 12.1. The van der Waals surface area contributed by atoms with Crippen LogP contribution in [0.3, 0.4) is 0 Å². The number of hydrogen-bond donors (Lipinski definition) is 0. The van der Waals surface area contributed by atoms with E-state index in [4.69, 9.17) is 0 Å². The van der Waals surface area contributed by atoms with Crippen LogP contribution in [0.15, 0.2) is 22.0 Å². The van der Waals surface area contributed by atoms with E-state index in [0.717, 1.165) is 59.8 Å². The van der Waals surface area contributed by atoms with Gasteiger partial charge in [-0.3, -0.25) is 33.8 Å².